The molecule has 2 N–H and O–H groups in total. The van der Waals surface area contributed by atoms with Gasteiger partial charge in [-0.25, -0.2) is 0 Å². The van der Waals surface area contributed by atoms with Crippen LogP contribution in [0.2, 0.25) is 0 Å². The van der Waals surface area contributed by atoms with Gasteiger partial charge in [0.25, 0.3) is 0 Å². The van der Waals surface area contributed by atoms with Crippen LogP contribution in [0.25, 0.3) is 0 Å². The molecule has 0 saturated carbocycles. The van der Waals surface area contributed by atoms with E-state index >= 15 is 0 Å². The van der Waals surface area contributed by atoms with Gasteiger partial charge in [0.15, 0.2) is 0 Å². The molecule has 0 radical (unpaired) electrons. The minimum atomic E-state index is -0.905. The summed E-state index contributed by atoms with van der Waals surface area (Å²) < 4.78 is 5.38. The van der Waals surface area contributed by atoms with Crippen molar-refractivity contribution in [3.8, 4) is 5.75 Å². The highest BCUT2D eigenvalue weighted by atomic mass is 16.5. The summed E-state index contributed by atoms with van der Waals surface area (Å²) in [6, 6.07) is 17.7. The second-order valence-corrected chi connectivity index (χ2v) is 5.48. The predicted octanol–water partition coefficient (Wildman–Crippen LogP) is 3.25. The summed E-state index contributed by atoms with van der Waals surface area (Å²) in [7, 11) is 1.67. The first-order valence-corrected chi connectivity index (χ1v) is 7.19. The average molecular weight is 285 g/mol. The van der Waals surface area contributed by atoms with Crippen LogP contribution in [-0.2, 0) is 5.60 Å². The van der Waals surface area contributed by atoms with Crippen LogP contribution in [0.4, 0.5) is 0 Å². The summed E-state index contributed by atoms with van der Waals surface area (Å²) in [6.07, 6.45) is 0. The van der Waals surface area contributed by atoms with Gasteiger partial charge in [-0.15, -0.1) is 0 Å². The van der Waals surface area contributed by atoms with E-state index in [-0.39, 0.29) is 6.04 Å². The normalized spacial score (nSPS) is 15.2. The molecule has 3 heteroatoms. The van der Waals surface area contributed by atoms with E-state index in [2.05, 4.69) is 12.2 Å². The van der Waals surface area contributed by atoms with E-state index in [9.17, 15) is 5.11 Å². The van der Waals surface area contributed by atoms with Crippen LogP contribution in [-0.4, -0.2) is 18.8 Å². The Bertz CT molecular complexity index is 566. The molecular weight excluding hydrogens is 262 g/mol. The first kappa shape index (κ1) is 15.5. The fourth-order valence-corrected chi connectivity index (χ4v) is 2.39. The summed E-state index contributed by atoms with van der Waals surface area (Å²) in [4.78, 5) is 0. The Morgan fingerprint density at radius 1 is 1.10 bits per heavy atom. The van der Waals surface area contributed by atoms with Crippen LogP contribution < -0.4 is 10.1 Å². The monoisotopic (exact) mass is 285 g/mol. The van der Waals surface area contributed by atoms with Gasteiger partial charge in [-0.2, -0.15) is 0 Å². The van der Waals surface area contributed by atoms with Crippen molar-refractivity contribution < 1.29 is 9.84 Å². The number of ether oxygens (including phenoxy) is 1. The highest BCUT2D eigenvalue weighted by molar-refractivity contribution is 5.35. The molecule has 2 aromatic rings. The maximum atomic E-state index is 10.6. The summed E-state index contributed by atoms with van der Waals surface area (Å²) in [6.45, 7) is 4.36. The maximum absolute atomic E-state index is 10.6. The van der Waals surface area contributed by atoms with Gasteiger partial charge in [0.2, 0.25) is 0 Å². The van der Waals surface area contributed by atoms with Crippen LogP contribution in [0, 0.1) is 0 Å². The van der Waals surface area contributed by atoms with Gasteiger partial charge >= 0.3 is 0 Å². The fraction of sp³-hybridized carbons (Fsp3) is 0.333. The summed E-state index contributed by atoms with van der Waals surface area (Å²) in [5.41, 5.74) is 1.09. The summed E-state index contributed by atoms with van der Waals surface area (Å²) in [5.74, 6) is 0.858. The molecule has 0 aromatic heterocycles. The van der Waals surface area contributed by atoms with Crippen LogP contribution in [0.15, 0.2) is 54.6 Å². The van der Waals surface area contributed by atoms with Gasteiger partial charge in [0, 0.05) is 18.2 Å². The Balaban J connectivity index is 2.05. The number of methoxy groups -OCH3 is 1. The molecule has 1 unspecified atom stereocenters. The molecule has 0 fully saturated rings. The maximum Gasteiger partial charge on any atom is 0.123 e. The van der Waals surface area contributed by atoms with Gasteiger partial charge < -0.3 is 15.2 Å². The van der Waals surface area contributed by atoms with Crippen molar-refractivity contribution >= 4 is 0 Å². The zero-order valence-corrected chi connectivity index (χ0v) is 12.8. The van der Waals surface area contributed by atoms with E-state index in [4.69, 9.17) is 4.74 Å². The summed E-state index contributed by atoms with van der Waals surface area (Å²) in [5, 5.41) is 14.0. The van der Waals surface area contributed by atoms with Crippen LogP contribution in [0.1, 0.15) is 31.0 Å². The fourth-order valence-electron chi connectivity index (χ4n) is 2.39. The minimum absolute atomic E-state index is 0.0938. The minimum Gasteiger partial charge on any atom is -0.496 e. The van der Waals surface area contributed by atoms with Crippen molar-refractivity contribution in [2.24, 2.45) is 0 Å². The Kier molecular flexibility index (Phi) is 4.99. The third-order valence-electron chi connectivity index (χ3n) is 3.75. The molecule has 0 spiro atoms. The molecule has 2 atom stereocenters. The smallest absolute Gasteiger partial charge is 0.123 e. The molecule has 0 bridgehead atoms. The van der Waals surface area contributed by atoms with E-state index in [0.717, 1.165) is 16.9 Å². The molecular formula is C18H23NO2. The number of rotatable bonds is 6. The van der Waals surface area contributed by atoms with Crippen molar-refractivity contribution in [2.45, 2.75) is 25.5 Å². The van der Waals surface area contributed by atoms with Crippen molar-refractivity contribution in [3.63, 3.8) is 0 Å². The Morgan fingerprint density at radius 2 is 1.71 bits per heavy atom. The quantitative estimate of drug-likeness (QED) is 0.856. The Morgan fingerprint density at radius 3 is 2.38 bits per heavy atom. The van der Waals surface area contributed by atoms with Crippen LogP contribution in [0.5, 0.6) is 5.75 Å². The molecule has 21 heavy (non-hydrogen) atoms. The van der Waals surface area contributed by atoms with E-state index in [1.165, 1.54) is 0 Å². The topological polar surface area (TPSA) is 41.5 Å². The van der Waals surface area contributed by atoms with Gasteiger partial charge in [-0.3, -0.25) is 0 Å². The second kappa shape index (κ2) is 6.74. The van der Waals surface area contributed by atoms with E-state index in [1.807, 2.05) is 61.5 Å². The van der Waals surface area contributed by atoms with Gasteiger partial charge in [-0.1, -0.05) is 48.5 Å². The SMILES string of the molecule is COc1ccccc1[C@H](C)NCC(C)(O)c1ccccc1. The number of hydrogen-bond acceptors (Lipinski definition) is 3. The van der Waals surface area contributed by atoms with Crippen molar-refractivity contribution in [2.75, 3.05) is 13.7 Å². The zero-order valence-electron chi connectivity index (χ0n) is 12.8. The number of hydrogen-bond donors (Lipinski definition) is 2. The van der Waals surface area contributed by atoms with E-state index in [0.29, 0.717) is 6.54 Å². The van der Waals surface area contributed by atoms with Gasteiger partial charge in [-0.05, 0) is 25.5 Å². The molecule has 0 amide bonds. The molecule has 3 nitrogen and oxygen atoms in total. The largest absolute Gasteiger partial charge is 0.496 e. The molecule has 0 aliphatic rings. The molecule has 0 aliphatic heterocycles. The lowest BCUT2D eigenvalue weighted by atomic mass is 9.95. The molecule has 0 saturated heterocycles. The van der Waals surface area contributed by atoms with E-state index in [1.54, 1.807) is 7.11 Å². The third kappa shape index (κ3) is 3.84. The Labute approximate surface area is 126 Å². The third-order valence-corrected chi connectivity index (χ3v) is 3.75. The van der Waals surface area contributed by atoms with Gasteiger partial charge in [0.1, 0.15) is 5.75 Å². The number of aliphatic hydroxyl groups is 1. The van der Waals surface area contributed by atoms with Crippen LogP contribution in [0.3, 0.4) is 0 Å². The molecule has 0 heterocycles. The number of nitrogens with one attached hydrogen (secondary N) is 1. The standard InChI is InChI=1S/C18H23NO2/c1-14(16-11-7-8-12-17(16)21-3)19-13-18(2,20)15-9-5-4-6-10-15/h4-12,14,19-20H,13H2,1-3H3/t14-,18?/m0/s1. The first-order chi connectivity index (χ1) is 10.0. The van der Waals surface area contributed by atoms with Crippen molar-refractivity contribution in [1.29, 1.82) is 0 Å². The lowest BCUT2D eigenvalue weighted by Gasteiger charge is -2.27. The lowest BCUT2D eigenvalue weighted by Crippen LogP contribution is -2.36. The average Bonchev–Trinajstić information content (AvgIpc) is 2.53. The zero-order chi connectivity index (χ0) is 15.3. The second-order valence-electron chi connectivity index (χ2n) is 5.48. The van der Waals surface area contributed by atoms with Crippen molar-refractivity contribution in [3.05, 3.63) is 65.7 Å². The first-order valence-electron chi connectivity index (χ1n) is 7.19. The molecule has 2 rings (SSSR count). The van der Waals surface area contributed by atoms with Crippen molar-refractivity contribution in [1.82, 2.24) is 5.32 Å². The number of para-hydroxylation sites is 1. The number of benzene rings is 2. The van der Waals surface area contributed by atoms with E-state index < -0.39 is 5.60 Å². The summed E-state index contributed by atoms with van der Waals surface area (Å²) >= 11 is 0. The lowest BCUT2D eigenvalue weighted by molar-refractivity contribution is 0.0543. The molecule has 0 aliphatic carbocycles. The predicted molar refractivity (Wildman–Crippen MR) is 85.4 cm³/mol. The highest BCUT2D eigenvalue weighted by Crippen LogP contribution is 2.26. The van der Waals surface area contributed by atoms with Gasteiger partial charge in [0.05, 0.1) is 12.7 Å². The Hall–Kier alpha value is -1.84. The molecule has 112 valence electrons. The molecule has 2 aromatic carbocycles. The highest BCUT2D eigenvalue weighted by Gasteiger charge is 2.23. The van der Waals surface area contributed by atoms with Crippen LogP contribution >= 0.6 is 0 Å².